The SMILES string of the molecule is CNC(C)C(=O)N[C@H](C(=O)N1CCN(C(=O)c2cc3cc(F)ccc3n2CCOC)CC1)C1CCCCC1. The molecule has 208 valence electrons. The second-order valence-corrected chi connectivity index (χ2v) is 10.4. The van der Waals surface area contributed by atoms with E-state index in [0.717, 1.165) is 37.6 Å². The Hall–Kier alpha value is -2.98. The standard InChI is InChI=1S/C28H40FN5O4/c1-19(30-2)26(35)31-25(20-7-5-4-6-8-20)28(37)33-13-11-32(12-14-33)27(36)24-18-21-17-22(29)9-10-23(21)34(24)15-16-38-3/h9-10,17-20,25,30H,4-8,11-16H2,1-3H3,(H,31,35)/t19?,25-/m0/s1. The number of aromatic nitrogens is 1. The van der Waals surface area contributed by atoms with E-state index >= 15 is 0 Å². The zero-order chi connectivity index (χ0) is 27.2. The van der Waals surface area contributed by atoms with Gasteiger partial charge in [0, 0.05) is 50.7 Å². The number of ether oxygens (including phenoxy) is 1. The maximum atomic E-state index is 13.9. The summed E-state index contributed by atoms with van der Waals surface area (Å²) in [5.74, 6) is -0.613. The van der Waals surface area contributed by atoms with Crippen molar-refractivity contribution in [2.45, 2.75) is 57.7 Å². The first-order valence-electron chi connectivity index (χ1n) is 13.7. The molecule has 4 rings (SSSR count). The van der Waals surface area contributed by atoms with Gasteiger partial charge in [0.05, 0.1) is 12.6 Å². The molecule has 2 heterocycles. The molecule has 2 atom stereocenters. The van der Waals surface area contributed by atoms with Crippen LogP contribution in [-0.4, -0.2) is 91.1 Å². The number of carbonyl (C=O) groups excluding carboxylic acids is 3. The lowest BCUT2D eigenvalue weighted by atomic mass is 9.83. The quantitative estimate of drug-likeness (QED) is 0.520. The Kier molecular flexibility index (Phi) is 9.38. The number of amides is 3. The Balaban J connectivity index is 1.46. The summed E-state index contributed by atoms with van der Waals surface area (Å²) in [6, 6.07) is 5.30. The summed E-state index contributed by atoms with van der Waals surface area (Å²) >= 11 is 0. The molecule has 1 unspecified atom stereocenters. The van der Waals surface area contributed by atoms with Gasteiger partial charge in [-0.25, -0.2) is 4.39 Å². The summed E-state index contributed by atoms with van der Waals surface area (Å²) in [7, 11) is 3.33. The molecule has 1 aromatic carbocycles. The monoisotopic (exact) mass is 529 g/mol. The molecule has 2 N–H and O–H groups in total. The first-order chi connectivity index (χ1) is 18.3. The fraction of sp³-hybridized carbons (Fsp3) is 0.607. The normalized spacial score (nSPS) is 18.4. The Bertz CT molecular complexity index is 1140. The van der Waals surface area contributed by atoms with Gasteiger partial charge in [0.15, 0.2) is 0 Å². The van der Waals surface area contributed by atoms with E-state index in [9.17, 15) is 18.8 Å². The molecule has 1 aliphatic carbocycles. The van der Waals surface area contributed by atoms with Crippen LogP contribution in [0.4, 0.5) is 4.39 Å². The van der Waals surface area contributed by atoms with Crippen molar-refractivity contribution in [1.82, 2.24) is 25.0 Å². The van der Waals surface area contributed by atoms with Crippen LogP contribution >= 0.6 is 0 Å². The molecule has 0 radical (unpaired) electrons. The topological polar surface area (TPSA) is 95.9 Å². The number of hydrogen-bond acceptors (Lipinski definition) is 5. The predicted octanol–water partition coefficient (Wildman–Crippen LogP) is 2.38. The smallest absolute Gasteiger partial charge is 0.270 e. The highest BCUT2D eigenvalue weighted by atomic mass is 19.1. The second-order valence-electron chi connectivity index (χ2n) is 10.4. The van der Waals surface area contributed by atoms with E-state index in [0.29, 0.717) is 50.4 Å². The van der Waals surface area contributed by atoms with Crippen molar-refractivity contribution in [1.29, 1.82) is 0 Å². The van der Waals surface area contributed by atoms with Gasteiger partial charge >= 0.3 is 0 Å². The Morgan fingerprint density at radius 1 is 1.05 bits per heavy atom. The van der Waals surface area contributed by atoms with Gasteiger partial charge in [-0.3, -0.25) is 14.4 Å². The third-order valence-corrected chi connectivity index (χ3v) is 7.99. The first kappa shape index (κ1) is 28.0. The van der Waals surface area contributed by atoms with Crippen molar-refractivity contribution in [2.24, 2.45) is 5.92 Å². The molecular weight excluding hydrogens is 489 g/mol. The fourth-order valence-electron chi connectivity index (χ4n) is 5.59. The summed E-state index contributed by atoms with van der Waals surface area (Å²) in [5, 5.41) is 6.63. The van der Waals surface area contributed by atoms with Crippen LogP contribution in [0.25, 0.3) is 10.9 Å². The lowest BCUT2D eigenvalue weighted by molar-refractivity contribution is -0.140. The maximum Gasteiger partial charge on any atom is 0.270 e. The highest BCUT2D eigenvalue weighted by Crippen LogP contribution is 2.28. The van der Waals surface area contributed by atoms with Gasteiger partial charge in [0.25, 0.3) is 5.91 Å². The molecule has 1 saturated heterocycles. The Morgan fingerprint density at radius 2 is 1.74 bits per heavy atom. The molecule has 10 heteroatoms. The maximum absolute atomic E-state index is 13.9. The van der Waals surface area contributed by atoms with Gasteiger partial charge < -0.3 is 29.7 Å². The van der Waals surface area contributed by atoms with Crippen LogP contribution in [0.1, 0.15) is 49.5 Å². The lowest BCUT2D eigenvalue weighted by Gasteiger charge is -2.39. The fourth-order valence-corrected chi connectivity index (χ4v) is 5.59. The molecule has 3 amide bonds. The molecule has 2 fully saturated rings. The minimum Gasteiger partial charge on any atom is -0.383 e. The number of rotatable bonds is 9. The van der Waals surface area contributed by atoms with Crippen molar-refractivity contribution in [3.8, 4) is 0 Å². The lowest BCUT2D eigenvalue weighted by Crippen LogP contribution is -2.59. The third kappa shape index (κ3) is 6.18. The minimum absolute atomic E-state index is 0.0645. The largest absolute Gasteiger partial charge is 0.383 e. The molecule has 1 aromatic heterocycles. The second kappa shape index (κ2) is 12.7. The number of methoxy groups -OCH3 is 1. The number of benzene rings is 1. The van der Waals surface area contributed by atoms with E-state index in [1.807, 2.05) is 4.57 Å². The van der Waals surface area contributed by atoms with E-state index in [2.05, 4.69) is 10.6 Å². The molecule has 9 nitrogen and oxygen atoms in total. The molecule has 0 spiro atoms. The van der Waals surface area contributed by atoms with E-state index in [1.165, 1.54) is 12.1 Å². The zero-order valence-corrected chi connectivity index (χ0v) is 22.7. The van der Waals surface area contributed by atoms with Crippen LogP contribution in [0.15, 0.2) is 24.3 Å². The average molecular weight is 530 g/mol. The minimum atomic E-state index is -0.549. The number of likely N-dealkylation sites (N-methyl/N-ethyl adjacent to an activating group) is 1. The molecular formula is C28H40FN5O4. The summed E-state index contributed by atoms with van der Waals surface area (Å²) in [4.78, 5) is 43.4. The molecule has 2 aliphatic rings. The number of fused-ring (bicyclic) bond motifs is 1. The molecule has 1 aliphatic heterocycles. The first-order valence-corrected chi connectivity index (χ1v) is 13.7. The van der Waals surface area contributed by atoms with Crippen LogP contribution in [-0.2, 0) is 20.9 Å². The summed E-state index contributed by atoms with van der Waals surface area (Å²) in [5.41, 5.74) is 1.26. The van der Waals surface area contributed by atoms with E-state index in [4.69, 9.17) is 4.74 Å². The van der Waals surface area contributed by atoms with E-state index in [-0.39, 0.29) is 35.5 Å². The number of hydrogen-bond donors (Lipinski definition) is 2. The van der Waals surface area contributed by atoms with Gasteiger partial charge in [-0.05, 0) is 57.0 Å². The van der Waals surface area contributed by atoms with E-state index in [1.54, 1.807) is 43.0 Å². The third-order valence-electron chi connectivity index (χ3n) is 7.99. The van der Waals surface area contributed by atoms with Crippen LogP contribution in [0, 0.1) is 11.7 Å². The average Bonchev–Trinajstić information content (AvgIpc) is 3.31. The summed E-state index contributed by atoms with van der Waals surface area (Å²) in [6.07, 6.45) is 5.14. The van der Waals surface area contributed by atoms with Gasteiger partial charge in [0.1, 0.15) is 17.6 Å². The van der Waals surface area contributed by atoms with Gasteiger partial charge in [0.2, 0.25) is 11.8 Å². The van der Waals surface area contributed by atoms with Crippen LogP contribution < -0.4 is 10.6 Å². The number of halogens is 1. The van der Waals surface area contributed by atoms with E-state index < -0.39 is 6.04 Å². The van der Waals surface area contributed by atoms with Gasteiger partial charge in [-0.2, -0.15) is 0 Å². The van der Waals surface area contributed by atoms with Crippen molar-refractivity contribution >= 4 is 28.6 Å². The zero-order valence-electron chi connectivity index (χ0n) is 22.7. The van der Waals surface area contributed by atoms with Crippen molar-refractivity contribution in [3.63, 3.8) is 0 Å². The van der Waals surface area contributed by atoms with Crippen LogP contribution in [0.3, 0.4) is 0 Å². The van der Waals surface area contributed by atoms with Gasteiger partial charge in [-0.1, -0.05) is 19.3 Å². The molecule has 38 heavy (non-hydrogen) atoms. The molecule has 2 aromatic rings. The Labute approximate surface area is 223 Å². The molecule has 0 bridgehead atoms. The van der Waals surface area contributed by atoms with Crippen molar-refractivity contribution in [3.05, 3.63) is 35.8 Å². The van der Waals surface area contributed by atoms with Gasteiger partial charge in [-0.15, -0.1) is 0 Å². The van der Waals surface area contributed by atoms with Crippen LogP contribution in [0.5, 0.6) is 0 Å². The van der Waals surface area contributed by atoms with Crippen LogP contribution in [0.2, 0.25) is 0 Å². The predicted molar refractivity (Wildman–Crippen MR) is 143 cm³/mol. The number of nitrogens with zero attached hydrogens (tertiary/aromatic N) is 3. The summed E-state index contributed by atoms with van der Waals surface area (Å²) in [6.45, 7) is 4.26. The highest BCUT2D eigenvalue weighted by Gasteiger charge is 2.36. The summed E-state index contributed by atoms with van der Waals surface area (Å²) < 4.78 is 21.0. The number of piperazine rings is 1. The van der Waals surface area contributed by atoms with Crippen molar-refractivity contribution < 1.29 is 23.5 Å². The number of nitrogens with one attached hydrogen (secondary N) is 2. The van der Waals surface area contributed by atoms with Crippen molar-refractivity contribution in [2.75, 3.05) is 46.9 Å². The highest BCUT2D eigenvalue weighted by molar-refractivity contribution is 5.99. The molecule has 1 saturated carbocycles. The Morgan fingerprint density at radius 3 is 2.39 bits per heavy atom. The number of carbonyl (C=O) groups is 3.